The minimum Gasteiger partial charge on any atom is -0.494 e. The van der Waals surface area contributed by atoms with E-state index in [4.69, 9.17) is 4.74 Å². The highest BCUT2D eigenvalue weighted by Crippen LogP contribution is 2.30. The van der Waals surface area contributed by atoms with E-state index in [1.807, 2.05) is 13.0 Å². The van der Waals surface area contributed by atoms with E-state index in [-0.39, 0.29) is 0 Å². The molecule has 0 amide bonds. The summed E-state index contributed by atoms with van der Waals surface area (Å²) in [7, 11) is 0. The van der Waals surface area contributed by atoms with E-state index in [0.717, 1.165) is 12.3 Å². The number of para-hydroxylation sites is 1. The highest BCUT2D eigenvalue weighted by Gasteiger charge is 2.19. The topological polar surface area (TPSA) is 21.3 Å². The van der Waals surface area contributed by atoms with Crippen LogP contribution in [0.3, 0.4) is 0 Å². The lowest BCUT2D eigenvalue weighted by Gasteiger charge is -2.26. The second-order valence-electron chi connectivity index (χ2n) is 5.57. The third-order valence-electron chi connectivity index (χ3n) is 4.18. The van der Waals surface area contributed by atoms with Crippen molar-refractivity contribution in [2.45, 2.75) is 38.8 Å². The Labute approximate surface area is 127 Å². The molecule has 0 radical (unpaired) electrons. The summed E-state index contributed by atoms with van der Waals surface area (Å²) in [5.74, 6) is 0.997. The lowest BCUT2D eigenvalue weighted by molar-refractivity contribution is 0.334. The molecule has 0 bridgehead atoms. The zero-order valence-electron chi connectivity index (χ0n) is 12.6. The minimum absolute atomic E-state index is 0.463. The molecule has 1 aliphatic rings. The number of nitrogens with one attached hydrogen (secondary N) is 1. The summed E-state index contributed by atoms with van der Waals surface area (Å²) >= 11 is 0. The molecule has 0 aliphatic heterocycles. The van der Waals surface area contributed by atoms with E-state index < -0.39 is 0 Å². The maximum absolute atomic E-state index is 5.71. The van der Waals surface area contributed by atoms with Gasteiger partial charge in [-0.1, -0.05) is 42.5 Å². The van der Waals surface area contributed by atoms with E-state index in [9.17, 15) is 0 Å². The molecule has 2 nitrogen and oxygen atoms in total. The Morgan fingerprint density at radius 2 is 1.90 bits per heavy atom. The van der Waals surface area contributed by atoms with E-state index in [1.165, 1.54) is 36.0 Å². The van der Waals surface area contributed by atoms with Gasteiger partial charge in [-0.25, -0.2) is 0 Å². The Bertz CT molecular complexity index is 594. The van der Waals surface area contributed by atoms with Crippen LogP contribution < -0.4 is 10.1 Å². The van der Waals surface area contributed by atoms with Crippen LogP contribution in [0.2, 0.25) is 0 Å². The highest BCUT2D eigenvalue weighted by molar-refractivity contribution is 5.35. The van der Waals surface area contributed by atoms with Gasteiger partial charge in [0.15, 0.2) is 0 Å². The number of fused-ring (bicyclic) bond motifs is 1. The summed E-state index contributed by atoms with van der Waals surface area (Å²) in [6.45, 7) is 3.60. The number of hydrogen-bond acceptors (Lipinski definition) is 2. The molecule has 21 heavy (non-hydrogen) atoms. The summed E-state index contributed by atoms with van der Waals surface area (Å²) in [6.07, 6.45) is 3.69. The van der Waals surface area contributed by atoms with Crippen LogP contribution in [0, 0.1) is 0 Å². The van der Waals surface area contributed by atoms with Gasteiger partial charge in [-0.05, 0) is 43.4 Å². The van der Waals surface area contributed by atoms with Crippen molar-refractivity contribution < 1.29 is 4.74 Å². The molecule has 2 heteroatoms. The van der Waals surface area contributed by atoms with E-state index >= 15 is 0 Å². The molecule has 0 fully saturated rings. The van der Waals surface area contributed by atoms with Gasteiger partial charge in [0.2, 0.25) is 0 Å². The van der Waals surface area contributed by atoms with Crippen LogP contribution in [0.4, 0.5) is 0 Å². The summed E-state index contributed by atoms with van der Waals surface area (Å²) < 4.78 is 5.71. The van der Waals surface area contributed by atoms with Gasteiger partial charge < -0.3 is 10.1 Å². The van der Waals surface area contributed by atoms with Crippen LogP contribution in [0.25, 0.3) is 0 Å². The fourth-order valence-corrected chi connectivity index (χ4v) is 3.15. The first-order valence-corrected chi connectivity index (χ1v) is 7.90. The molecular formula is C19H23NO. The maximum atomic E-state index is 5.71. The van der Waals surface area contributed by atoms with Gasteiger partial charge in [-0.15, -0.1) is 0 Å². The molecule has 0 saturated heterocycles. The molecule has 1 N–H and O–H groups in total. The average molecular weight is 281 g/mol. The van der Waals surface area contributed by atoms with Crippen molar-refractivity contribution >= 4 is 0 Å². The van der Waals surface area contributed by atoms with Crippen LogP contribution in [-0.4, -0.2) is 6.61 Å². The third kappa shape index (κ3) is 3.27. The standard InChI is InChI=1S/C19H23NO/c1-2-21-19-13-6-4-9-16(19)14-20-18-12-7-10-15-8-3-5-11-17(15)18/h3-6,8-9,11,13,18,20H,2,7,10,12,14H2,1H3/t18-/m0/s1. The Balaban J connectivity index is 1.72. The molecule has 0 unspecified atom stereocenters. The maximum Gasteiger partial charge on any atom is 0.123 e. The quantitative estimate of drug-likeness (QED) is 0.884. The summed E-state index contributed by atoms with van der Waals surface area (Å²) in [5, 5.41) is 3.71. The zero-order valence-corrected chi connectivity index (χ0v) is 12.6. The van der Waals surface area contributed by atoms with Crippen molar-refractivity contribution in [3.8, 4) is 5.75 Å². The summed E-state index contributed by atoms with van der Waals surface area (Å²) in [4.78, 5) is 0. The number of hydrogen-bond donors (Lipinski definition) is 1. The number of aryl methyl sites for hydroxylation is 1. The van der Waals surface area contributed by atoms with Crippen molar-refractivity contribution in [3.63, 3.8) is 0 Å². The SMILES string of the molecule is CCOc1ccccc1CN[C@H]1CCCc2ccccc21. The monoisotopic (exact) mass is 281 g/mol. The van der Waals surface area contributed by atoms with Crippen LogP contribution in [0.5, 0.6) is 5.75 Å². The van der Waals surface area contributed by atoms with Crippen molar-refractivity contribution in [2.24, 2.45) is 0 Å². The highest BCUT2D eigenvalue weighted by atomic mass is 16.5. The second kappa shape index (κ2) is 6.77. The normalized spacial score (nSPS) is 17.3. The molecule has 0 saturated carbocycles. The van der Waals surface area contributed by atoms with Crippen LogP contribution in [0.15, 0.2) is 48.5 Å². The molecule has 0 heterocycles. The summed E-state index contributed by atoms with van der Waals surface area (Å²) in [5.41, 5.74) is 4.21. The molecule has 1 atom stereocenters. The van der Waals surface area contributed by atoms with E-state index in [2.05, 4.69) is 47.8 Å². The van der Waals surface area contributed by atoms with Gasteiger partial charge >= 0.3 is 0 Å². The lowest BCUT2D eigenvalue weighted by Crippen LogP contribution is -2.25. The molecule has 1 aliphatic carbocycles. The molecule has 110 valence electrons. The fourth-order valence-electron chi connectivity index (χ4n) is 3.15. The predicted octanol–water partition coefficient (Wildman–Crippen LogP) is 4.25. The summed E-state index contributed by atoms with van der Waals surface area (Å²) in [6, 6.07) is 17.6. The van der Waals surface area contributed by atoms with Crippen LogP contribution in [0.1, 0.15) is 42.5 Å². The first-order valence-electron chi connectivity index (χ1n) is 7.90. The van der Waals surface area contributed by atoms with Gasteiger partial charge in [0.05, 0.1) is 6.61 Å². The van der Waals surface area contributed by atoms with Gasteiger partial charge in [0.1, 0.15) is 5.75 Å². The van der Waals surface area contributed by atoms with Crippen molar-refractivity contribution in [3.05, 3.63) is 65.2 Å². The lowest BCUT2D eigenvalue weighted by atomic mass is 9.87. The third-order valence-corrected chi connectivity index (χ3v) is 4.18. The Kier molecular flexibility index (Phi) is 4.56. The Hall–Kier alpha value is -1.80. The van der Waals surface area contributed by atoms with Crippen molar-refractivity contribution in [2.75, 3.05) is 6.61 Å². The average Bonchev–Trinajstić information content (AvgIpc) is 2.54. The molecule has 2 aromatic carbocycles. The second-order valence-corrected chi connectivity index (χ2v) is 5.57. The van der Waals surface area contributed by atoms with Crippen molar-refractivity contribution in [1.82, 2.24) is 5.32 Å². The Morgan fingerprint density at radius 1 is 1.10 bits per heavy atom. The molecular weight excluding hydrogens is 258 g/mol. The smallest absolute Gasteiger partial charge is 0.123 e. The number of benzene rings is 2. The predicted molar refractivity (Wildman–Crippen MR) is 86.6 cm³/mol. The van der Waals surface area contributed by atoms with Crippen molar-refractivity contribution in [1.29, 1.82) is 0 Å². The van der Waals surface area contributed by atoms with E-state index in [1.54, 1.807) is 0 Å². The Morgan fingerprint density at radius 3 is 2.81 bits per heavy atom. The first kappa shape index (κ1) is 14.2. The molecule has 0 aromatic heterocycles. The first-order chi connectivity index (χ1) is 10.4. The largest absolute Gasteiger partial charge is 0.494 e. The van der Waals surface area contributed by atoms with Gasteiger partial charge in [0, 0.05) is 18.2 Å². The number of ether oxygens (including phenoxy) is 1. The molecule has 2 aromatic rings. The van der Waals surface area contributed by atoms with Crippen LogP contribution >= 0.6 is 0 Å². The van der Waals surface area contributed by atoms with Gasteiger partial charge in [-0.2, -0.15) is 0 Å². The molecule has 0 spiro atoms. The molecule has 3 rings (SSSR count). The zero-order chi connectivity index (χ0) is 14.5. The van der Waals surface area contributed by atoms with Gasteiger partial charge in [0.25, 0.3) is 0 Å². The van der Waals surface area contributed by atoms with Gasteiger partial charge in [-0.3, -0.25) is 0 Å². The number of rotatable bonds is 5. The van der Waals surface area contributed by atoms with E-state index in [0.29, 0.717) is 12.6 Å². The minimum atomic E-state index is 0.463. The van der Waals surface area contributed by atoms with Crippen LogP contribution in [-0.2, 0) is 13.0 Å². The fraction of sp³-hybridized carbons (Fsp3) is 0.368.